The van der Waals surface area contributed by atoms with Gasteiger partial charge in [0, 0.05) is 57.5 Å². The van der Waals surface area contributed by atoms with Crippen LogP contribution >= 0.6 is 0 Å². The lowest BCUT2D eigenvalue weighted by Crippen LogP contribution is -2.42. The molecular weight excluding hydrogens is 328 g/mol. The van der Waals surface area contributed by atoms with E-state index in [9.17, 15) is 4.79 Å². The minimum absolute atomic E-state index is 0.0332. The van der Waals surface area contributed by atoms with Gasteiger partial charge in [-0.15, -0.1) is 0 Å². The molecule has 2 aromatic rings. The first-order valence-corrected chi connectivity index (χ1v) is 8.67. The molecule has 6 nitrogen and oxygen atoms in total. The summed E-state index contributed by atoms with van der Waals surface area (Å²) < 4.78 is 5.88. The lowest BCUT2D eigenvalue weighted by molar-refractivity contribution is 0.0587. The minimum atomic E-state index is -0.0332. The quantitative estimate of drug-likeness (QED) is 0.848. The fraction of sp³-hybridized carbons (Fsp3) is 0.350. The van der Waals surface area contributed by atoms with Crippen molar-refractivity contribution in [3.63, 3.8) is 0 Å². The molecule has 6 heteroatoms. The van der Waals surface area contributed by atoms with Gasteiger partial charge in [-0.3, -0.25) is 4.79 Å². The SMILES string of the molecule is CN(C)c1cccc(C(=O)N2CCC(Oc3ncccc3C#N)CC2)c1. The first-order chi connectivity index (χ1) is 12.6. The standard InChI is InChI=1S/C20H22N4O2/c1-23(2)17-7-3-5-15(13-17)20(25)24-11-8-18(9-12-24)26-19-16(14-21)6-4-10-22-19/h3-7,10,13,18H,8-9,11-12H2,1-2H3. The molecule has 1 aliphatic heterocycles. The molecule has 1 amide bonds. The third-order valence-corrected chi connectivity index (χ3v) is 4.51. The summed E-state index contributed by atoms with van der Waals surface area (Å²) in [6.45, 7) is 1.26. The molecule has 0 radical (unpaired) electrons. The van der Waals surface area contributed by atoms with E-state index in [1.807, 2.05) is 48.2 Å². The van der Waals surface area contributed by atoms with Crippen LogP contribution in [0.25, 0.3) is 0 Å². The van der Waals surface area contributed by atoms with Crippen LogP contribution in [0.15, 0.2) is 42.6 Å². The van der Waals surface area contributed by atoms with Crippen molar-refractivity contribution in [2.45, 2.75) is 18.9 Å². The Morgan fingerprint density at radius 1 is 1.27 bits per heavy atom. The predicted octanol–water partition coefficient (Wildman–Crippen LogP) is 2.70. The predicted molar refractivity (Wildman–Crippen MR) is 99.3 cm³/mol. The number of hydrogen-bond acceptors (Lipinski definition) is 5. The summed E-state index contributed by atoms with van der Waals surface area (Å²) in [5, 5.41) is 9.12. The van der Waals surface area contributed by atoms with Gasteiger partial charge in [0.05, 0.1) is 0 Å². The van der Waals surface area contributed by atoms with Crippen LogP contribution in [0.4, 0.5) is 5.69 Å². The van der Waals surface area contributed by atoms with Crippen molar-refractivity contribution >= 4 is 11.6 Å². The zero-order valence-electron chi connectivity index (χ0n) is 15.1. The van der Waals surface area contributed by atoms with Gasteiger partial charge in [0.25, 0.3) is 5.91 Å². The molecule has 0 saturated carbocycles. The normalized spacial score (nSPS) is 14.6. The minimum Gasteiger partial charge on any atom is -0.473 e. The highest BCUT2D eigenvalue weighted by Crippen LogP contribution is 2.22. The molecule has 1 saturated heterocycles. The van der Waals surface area contributed by atoms with Gasteiger partial charge < -0.3 is 14.5 Å². The highest BCUT2D eigenvalue weighted by atomic mass is 16.5. The Hall–Kier alpha value is -3.07. The van der Waals surface area contributed by atoms with E-state index < -0.39 is 0 Å². The number of benzene rings is 1. The fourth-order valence-corrected chi connectivity index (χ4v) is 3.00. The maximum atomic E-state index is 12.8. The Morgan fingerprint density at radius 3 is 2.73 bits per heavy atom. The van der Waals surface area contributed by atoms with Crippen molar-refractivity contribution in [1.29, 1.82) is 5.26 Å². The highest BCUT2D eigenvalue weighted by Gasteiger charge is 2.25. The second kappa shape index (κ2) is 7.87. The highest BCUT2D eigenvalue weighted by molar-refractivity contribution is 5.95. The molecular formula is C20H22N4O2. The lowest BCUT2D eigenvalue weighted by Gasteiger charge is -2.32. The second-order valence-corrected chi connectivity index (χ2v) is 6.52. The molecule has 1 aromatic carbocycles. The van der Waals surface area contributed by atoms with Gasteiger partial charge in [0.1, 0.15) is 17.7 Å². The summed E-state index contributed by atoms with van der Waals surface area (Å²) in [4.78, 5) is 20.7. The van der Waals surface area contributed by atoms with E-state index in [0.717, 1.165) is 18.5 Å². The molecule has 0 N–H and O–H groups in total. The number of rotatable bonds is 4. The van der Waals surface area contributed by atoms with Gasteiger partial charge in [0.2, 0.25) is 5.88 Å². The number of carbonyl (C=O) groups excluding carboxylic acids is 1. The van der Waals surface area contributed by atoms with Crippen LogP contribution in [-0.2, 0) is 0 Å². The Balaban J connectivity index is 1.61. The van der Waals surface area contributed by atoms with Crippen molar-refractivity contribution in [3.05, 3.63) is 53.7 Å². The molecule has 0 bridgehead atoms. The first kappa shape index (κ1) is 17.7. The second-order valence-electron chi connectivity index (χ2n) is 6.52. The summed E-state index contributed by atoms with van der Waals surface area (Å²) in [6.07, 6.45) is 3.03. The molecule has 1 fully saturated rings. The zero-order valence-corrected chi connectivity index (χ0v) is 15.1. The van der Waals surface area contributed by atoms with Crippen LogP contribution in [0.1, 0.15) is 28.8 Å². The van der Waals surface area contributed by atoms with Gasteiger partial charge >= 0.3 is 0 Å². The maximum absolute atomic E-state index is 12.8. The van der Waals surface area contributed by atoms with Crippen molar-refractivity contribution in [2.75, 3.05) is 32.1 Å². The Bertz CT molecular complexity index is 821. The monoisotopic (exact) mass is 350 g/mol. The number of likely N-dealkylation sites (tertiary alicyclic amines) is 1. The van der Waals surface area contributed by atoms with Crippen molar-refractivity contribution in [3.8, 4) is 11.9 Å². The summed E-state index contributed by atoms with van der Waals surface area (Å²) in [7, 11) is 3.92. The molecule has 134 valence electrons. The first-order valence-electron chi connectivity index (χ1n) is 8.67. The molecule has 0 unspecified atom stereocenters. The number of nitriles is 1. The van der Waals surface area contributed by atoms with Crippen LogP contribution in [-0.4, -0.2) is 49.1 Å². The van der Waals surface area contributed by atoms with E-state index in [1.165, 1.54) is 0 Å². The topological polar surface area (TPSA) is 69.5 Å². The van der Waals surface area contributed by atoms with E-state index in [0.29, 0.717) is 30.1 Å². The van der Waals surface area contributed by atoms with Gasteiger partial charge in [-0.2, -0.15) is 5.26 Å². The van der Waals surface area contributed by atoms with E-state index in [-0.39, 0.29) is 12.0 Å². The number of carbonyl (C=O) groups is 1. The van der Waals surface area contributed by atoms with E-state index >= 15 is 0 Å². The smallest absolute Gasteiger partial charge is 0.253 e. The molecule has 0 atom stereocenters. The average Bonchev–Trinajstić information content (AvgIpc) is 2.68. The van der Waals surface area contributed by atoms with E-state index in [2.05, 4.69) is 11.1 Å². The van der Waals surface area contributed by atoms with Crippen LogP contribution < -0.4 is 9.64 Å². The molecule has 1 aromatic heterocycles. The number of pyridine rings is 1. The van der Waals surface area contributed by atoms with E-state index in [4.69, 9.17) is 10.00 Å². The third-order valence-electron chi connectivity index (χ3n) is 4.51. The Labute approximate surface area is 153 Å². The number of amides is 1. The summed E-state index contributed by atoms with van der Waals surface area (Å²) in [5.74, 6) is 0.418. The van der Waals surface area contributed by atoms with Crippen LogP contribution in [0.3, 0.4) is 0 Å². The number of aromatic nitrogens is 1. The average molecular weight is 350 g/mol. The van der Waals surface area contributed by atoms with Crippen LogP contribution in [0, 0.1) is 11.3 Å². The van der Waals surface area contributed by atoms with Gasteiger partial charge in [0.15, 0.2) is 0 Å². The molecule has 2 heterocycles. The largest absolute Gasteiger partial charge is 0.473 e. The molecule has 3 rings (SSSR count). The molecule has 0 aliphatic carbocycles. The number of anilines is 1. The van der Waals surface area contributed by atoms with Gasteiger partial charge in [-0.05, 0) is 30.3 Å². The van der Waals surface area contributed by atoms with Crippen LogP contribution in [0.2, 0.25) is 0 Å². The Morgan fingerprint density at radius 2 is 2.04 bits per heavy atom. The third kappa shape index (κ3) is 3.94. The number of piperidine rings is 1. The molecule has 1 aliphatic rings. The van der Waals surface area contributed by atoms with Crippen molar-refractivity contribution < 1.29 is 9.53 Å². The number of ether oxygens (including phenoxy) is 1. The van der Waals surface area contributed by atoms with Crippen molar-refractivity contribution in [2.24, 2.45) is 0 Å². The Kier molecular flexibility index (Phi) is 5.37. The van der Waals surface area contributed by atoms with Crippen LogP contribution in [0.5, 0.6) is 5.88 Å². The fourth-order valence-electron chi connectivity index (χ4n) is 3.00. The maximum Gasteiger partial charge on any atom is 0.253 e. The molecule has 26 heavy (non-hydrogen) atoms. The summed E-state index contributed by atoms with van der Waals surface area (Å²) >= 11 is 0. The van der Waals surface area contributed by atoms with Gasteiger partial charge in [-0.1, -0.05) is 6.07 Å². The zero-order chi connectivity index (χ0) is 18.5. The number of nitrogens with zero attached hydrogens (tertiary/aromatic N) is 4. The summed E-state index contributed by atoms with van der Waals surface area (Å²) in [6, 6.07) is 13.2. The number of hydrogen-bond donors (Lipinski definition) is 0. The van der Waals surface area contributed by atoms with E-state index in [1.54, 1.807) is 18.3 Å². The lowest BCUT2D eigenvalue weighted by atomic mass is 10.1. The molecule has 0 spiro atoms. The van der Waals surface area contributed by atoms with Gasteiger partial charge in [-0.25, -0.2) is 4.98 Å². The summed E-state index contributed by atoms with van der Waals surface area (Å²) in [5.41, 5.74) is 2.15. The van der Waals surface area contributed by atoms with Crippen molar-refractivity contribution in [1.82, 2.24) is 9.88 Å².